The number of amides is 1. The number of carbonyl (C=O) groups excluding carboxylic acids is 1. The van der Waals surface area contributed by atoms with Crippen LogP contribution in [-0.4, -0.2) is 38.7 Å². The second-order valence-electron chi connectivity index (χ2n) is 6.36. The van der Waals surface area contributed by atoms with Gasteiger partial charge in [-0.25, -0.2) is 0 Å². The van der Waals surface area contributed by atoms with Gasteiger partial charge in [-0.05, 0) is 24.3 Å². The predicted octanol–water partition coefficient (Wildman–Crippen LogP) is 3.15. The molecule has 1 aliphatic rings. The molecular weight excluding hydrogens is 300 g/mol. The lowest BCUT2D eigenvalue weighted by atomic mass is 9.96. The van der Waals surface area contributed by atoms with Crippen molar-refractivity contribution in [1.82, 2.24) is 19.7 Å². The van der Waals surface area contributed by atoms with Crippen LogP contribution in [0.3, 0.4) is 0 Å². The van der Waals surface area contributed by atoms with Gasteiger partial charge in [-0.2, -0.15) is 0 Å². The third-order valence-corrected chi connectivity index (χ3v) is 4.83. The van der Waals surface area contributed by atoms with E-state index in [0.29, 0.717) is 0 Å². The van der Waals surface area contributed by atoms with Crippen LogP contribution >= 0.6 is 0 Å². The molecule has 24 heavy (non-hydrogen) atoms. The lowest BCUT2D eigenvalue weighted by Gasteiger charge is -2.31. The maximum absolute atomic E-state index is 11.7. The molecule has 0 bridgehead atoms. The molecule has 2 heterocycles. The van der Waals surface area contributed by atoms with E-state index >= 15 is 0 Å². The number of rotatable bonds is 2. The van der Waals surface area contributed by atoms with Gasteiger partial charge in [-0.3, -0.25) is 9.36 Å². The third-order valence-electron chi connectivity index (χ3n) is 4.83. The van der Waals surface area contributed by atoms with Crippen molar-refractivity contribution in [1.29, 1.82) is 0 Å². The Morgan fingerprint density at radius 1 is 1.17 bits per heavy atom. The Balaban J connectivity index is 1.76. The summed E-state index contributed by atoms with van der Waals surface area (Å²) in [5, 5.41) is 10.9. The van der Waals surface area contributed by atoms with E-state index < -0.39 is 0 Å². The average Bonchev–Trinajstić information content (AvgIpc) is 3.11. The zero-order chi connectivity index (χ0) is 16.5. The summed E-state index contributed by atoms with van der Waals surface area (Å²) in [6.45, 7) is 3.20. The first-order valence-electron chi connectivity index (χ1n) is 8.37. The van der Waals surface area contributed by atoms with Crippen LogP contribution in [0.25, 0.3) is 16.5 Å². The first-order valence-corrected chi connectivity index (χ1v) is 8.37. The monoisotopic (exact) mass is 320 g/mol. The molecule has 0 unspecified atom stereocenters. The molecule has 1 fully saturated rings. The molecule has 5 heteroatoms. The van der Waals surface area contributed by atoms with E-state index in [2.05, 4.69) is 45.1 Å². The van der Waals surface area contributed by atoms with Crippen molar-refractivity contribution < 1.29 is 4.79 Å². The van der Waals surface area contributed by atoms with Crippen LogP contribution in [0.15, 0.2) is 48.8 Å². The number of benzene rings is 2. The lowest BCUT2D eigenvalue weighted by Crippen LogP contribution is -2.38. The molecule has 1 amide bonds. The van der Waals surface area contributed by atoms with Gasteiger partial charge in [0.15, 0.2) is 0 Å². The molecule has 1 saturated heterocycles. The summed E-state index contributed by atoms with van der Waals surface area (Å²) in [6, 6.07) is 14.6. The second kappa shape index (κ2) is 6.07. The quantitative estimate of drug-likeness (QED) is 0.729. The van der Waals surface area contributed by atoms with Crippen LogP contribution in [0.2, 0.25) is 0 Å². The fourth-order valence-corrected chi connectivity index (χ4v) is 3.60. The van der Waals surface area contributed by atoms with Gasteiger partial charge in [0.2, 0.25) is 5.91 Å². The van der Waals surface area contributed by atoms with E-state index in [0.717, 1.165) is 37.4 Å². The fourth-order valence-electron chi connectivity index (χ4n) is 3.60. The van der Waals surface area contributed by atoms with Crippen molar-refractivity contribution in [2.24, 2.45) is 0 Å². The molecule has 2 aromatic carbocycles. The van der Waals surface area contributed by atoms with Crippen LogP contribution in [0.5, 0.6) is 0 Å². The van der Waals surface area contributed by atoms with Gasteiger partial charge in [0.25, 0.3) is 0 Å². The zero-order valence-corrected chi connectivity index (χ0v) is 13.7. The van der Waals surface area contributed by atoms with Crippen LogP contribution in [-0.2, 0) is 4.79 Å². The number of hydrogen-bond donors (Lipinski definition) is 0. The second-order valence-corrected chi connectivity index (χ2v) is 6.36. The van der Waals surface area contributed by atoms with E-state index in [9.17, 15) is 4.79 Å². The van der Waals surface area contributed by atoms with Crippen molar-refractivity contribution in [2.45, 2.75) is 25.7 Å². The van der Waals surface area contributed by atoms with Crippen LogP contribution in [0, 0.1) is 0 Å². The number of piperidine rings is 1. The maximum Gasteiger partial charge on any atom is 0.219 e. The highest BCUT2D eigenvalue weighted by atomic mass is 16.2. The van der Waals surface area contributed by atoms with Gasteiger partial charge in [0, 0.05) is 31.3 Å². The lowest BCUT2D eigenvalue weighted by molar-refractivity contribution is -0.130. The first-order chi connectivity index (χ1) is 11.7. The molecule has 0 aliphatic carbocycles. The van der Waals surface area contributed by atoms with Crippen LogP contribution < -0.4 is 0 Å². The van der Waals surface area contributed by atoms with Crippen molar-refractivity contribution in [3.8, 4) is 5.69 Å². The van der Waals surface area contributed by atoms with Gasteiger partial charge in [0.1, 0.15) is 12.2 Å². The normalized spacial score (nSPS) is 18.0. The Kier molecular flexibility index (Phi) is 3.76. The van der Waals surface area contributed by atoms with E-state index in [1.54, 1.807) is 13.3 Å². The number of carbonyl (C=O) groups is 1. The minimum absolute atomic E-state index is 0.135. The molecule has 4 rings (SSSR count). The standard InChI is InChI=1S/C19H20N4O/c1-14(24)22-11-5-8-16(12-22)19-21-20-13-23(19)18-10-4-7-15-6-2-3-9-17(15)18/h2-4,6-7,9-10,13,16H,5,8,11-12H2,1H3/t16-/m1/s1. The molecule has 0 radical (unpaired) electrons. The SMILES string of the molecule is CC(=O)N1CCC[C@@H](c2nncn2-c2cccc3ccccc23)C1. The smallest absolute Gasteiger partial charge is 0.219 e. The van der Waals surface area contributed by atoms with Crippen molar-refractivity contribution in [3.63, 3.8) is 0 Å². The van der Waals surface area contributed by atoms with Crippen LogP contribution in [0.1, 0.15) is 31.5 Å². The summed E-state index contributed by atoms with van der Waals surface area (Å²) >= 11 is 0. The molecule has 0 N–H and O–H groups in total. The van der Waals surface area contributed by atoms with Gasteiger partial charge in [0.05, 0.1) is 5.69 Å². The highest BCUT2D eigenvalue weighted by Crippen LogP contribution is 2.29. The molecule has 1 atom stereocenters. The maximum atomic E-state index is 11.7. The van der Waals surface area contributed by atoms with Gasteiger partial charge in [-0.15, -0.1) is 10.2 Å². The zero-order valence-electron chi connectivity index (χ0n) is 13.7. The third kappa shape index (κ3) is 2.56. The van der Waals surface area contributed by atoms with Gasteiger partial charge >= 0.3 is 0 Å². The number of hydrogen-bond acceptors (Lipinski definition) is 3. The van der Waals surface area contributed by atoms with Crippen molar-refractivity contribution in [2.75, 3.05) is 13.1 Å². The molecule has 0 saturated carbocycles. The molecule has 5 nitrogen and oxygen atoms in total. The Labute approximate surface area is 140 Å². The number of fused-ring (bicyclic) bond motifs is 1. The van der Waals surface area contributed by atoms with Gasteiger partial charge < -0.3 is 4.90 Å². The average molecular weight is 320 g/mol. The van der Waals surface area contributed by atoms with E-state index in [4.69, 9.17) is 0 Å². The number of likely N-dealkylation sites (tertiary alicyclic amines) is 1. The van der Waals surface area contributed by atoms with Gasteiger partial charge in [-0.1, -0.05) is 36.4 Å². The summed E-state index contributed by atoms with van der Waals surface area (Å²) in [5.41, 5.74) is 1.09. The Morgan fingerprint density at radius 2 is 2.00 bits per heavy atom. The number of nitrogens with zero attached hydrogens (tertiary/aromatic N) is 4. The minimum Gasteiger partial charge on any atom is -0.342 e. The van der Waals surface area contributed by atoms with E-state index in [-0.39, 0.29) is 11.8 Å². The highest BCUT2D eigenvalue weighted by molar-refractivity contribution is 5.90. The summed E-state index contributed by atoms with van der Waals surface area (Å²) in [7, 11) is 0. The largest absolute Gasteiger partial charge is 0.342 e. The molecule has 3 aromatic rings. The first kappa shape index (κ1) is 14.9. The Morgan fingerprint density at radius 3 is 2.88 bits per heavy atom. The Bertz CT molecular complexity index is 880. The predicted molar refractivity (Wildman–Crippen MR) is 93.1 cm³/mol. The Hall–Kier alpha value is -2.69. The summed E-state index contributed by atoms with van der Waals surface area (Å²) < 4.78 is 2.08. The van der Waals surface area contributed by atoms with E-state index in [1.807, 2.05) is 17.0 Å². The fraction of sp³-hybridized carbons (Fsp3) is 0.316. The molecule has 1 aromatic heterocycles. The summed E-state index contributed by atoms with van der Waals surface area (Å²) in [6.07, 6.45) is 3.82. The molecular formula is C19H20N4O. The highest BCUT2D eigenvalue weighted by Gasteiger charge is 2.27. The molecule has 122 valence electrons. The van der Waals surface area contributed by atoms with E-state index in [1.165, 1.54) is 10.8 Å². The number of aromatic nitrogens is 3. The summed E-state index contributed by atoms with van der Waals surface area (Å²) in [5.74, 6) is 1.30. The molecule has 1 aliphatic heterocycles. The van der Waals surface area contributed by atoms with Crippen LogP contribution in [0.4, 0.5) is 0 Å². The molecule has 0 spiro atoms. The van der Waals surface area contributed by atoms with Crippen molar-refractivity contribution in [3.05, 3.63) is 54.6 Å². The topological polar surface area (TPSA) is 51.0 Å². The minimum atomic E-state index is 0.135. The van der Waals surface area contributed by atoms with Crippen molar-refractivity contribution >= 4 is 16.7 Å². The summed E-state index contributed by atoms with van der Waals surface area (Å²) in [4.78, 5) is 13.6.